The topological polar surface area (TPSA) is 20.2 Å². The lowest BCUT2D eigenvalue weighted by molar-refractivity contribution is 0.281. The first kappa shape index (κ1) is 9.27. The van der Waals surface area contributed by atoms with Crippen LogP contribution in [0.15, 0.2) is 18.2 Å². The van der Waals surface area contributed by atoms with Gasteiger partial charge < -0.3 is 5.11 Å². The van der Waals surface area contributed by atoms with Crippen LogP contribution >= 0.6 is 0 Å². The molecule has 12 heavy (non-hydrogen) atoms. The predicted molar refractivity (Wildman–Crippen MR) is 49.7 cm³/mol. The van der Waals surface area contributed by atoms with Crippen molar-refractivity contribution in [1.82, 2.24) is 0 Å². The van der Waals surface area contributed by atoms with Gasteiger partial charge >= 0.3 is 0 Å². The van der Waals surface area contributed by atoms with Crippen molar-refractivity contribution in [2.45, 2.75) is 26.9 Å². The molecule has 0 aromatic heterocycles. The number of rotatable bonds is 3. The maximum atomic E-state index is 8.88. The minimum absolute atomic E-state index is 0.114. The Hall–Kier alpha value is -0.820. The molecule has 0 fully saturated rings. The van der Waals surface area contributed by atoms with Crippen LogP contribution in [0.3, 0.4) is 0 Å². The minimum Gasteiger partial charge on any atom is -0.392 e. The van der Waals surface area contributed by atoms with Gasteiger partial charge in [-0.05, 0) is 35.6 Å². The number of hydrogen-bond acceptors (Lipinski definition) is 1. The summed E-state index contributed by atoms with van der Waals surface area (Å²) in [5, 5.41) is 8.88. The highest BCUT2D eigenvalue weighted by Crippen LogP contribution is 2.09. The lowest BCUT2D eigenvalue weighted by Gasteiger charge is -2.05. The fraction of sp³-hybridized carbons (Fsp3) is 0.455. The molecule has 0 aliphatic carbocycles. The molecule has 1 rings (SSSR count). The molecule has 0 heterocycles. The lowest BCUT2D eigenvalue weighted by Crippen LogP contribution is -1.95. The summed E-state index contributed by atoms with van der Waals surface area (Å²) in [6.07, 6.45) is 1.06. The van der Waals surface area contributed by atoms with Crippen molar-refractivity contribution in [2.24, 2.45) is 5.92 Å². The third kappa shape index (κ3) is 2.67. The van der Waals surface area contributed by atoms with E-state index < -0.39 is 0 Å². The second-order valence-electron chi connectivity index (χ2n) is 3.51. The molecule has 65 valence electrons. The predicted octanol–water partition coefficient (Wildman–Crippen LogP) is 2.18. The number of hydrogen-bond donors (Lipinski definition) is 1. The third-order valence-electron chi connectivity index (χ3n) is 1.73. The first-order valence-corrected chi connectivity index (χ1v) is 4.32. The second-order valence-corrected chi connectivity index (χ2v) is 3.51. The SMILES string of the molecule is CC(C)Cc1c[c]cc(CO)c1. The Labute approximate surface area is 74.1 Å². The molecule has 0 spiro atoms. The van der Waals surface area contributed by atoms with Crippen molar-refractivity contribution in [3.8, 4) is 0 Å². The van der Waals surface area contributed by atoms with Gasteiger partial charge in [0.1, 0.15) is 0 Å². The van der Waals surface area contributed by atoms with Crippen LogP contribution in [0.1, 0.15) is 25.0 Å². The maximum absolute atomic E-state index is 8.88. The molecule has 0 aliphatic rings. The smallest absolute Gasteiger partial charge is 0.0682 e. The average Bonchev–Trinajstić information content (AvgIpc) is 2.03. The van der Waals surface area contributed by atoms with Gasteiger partial charge in [-0.1, -0.05) is 26.0 Å². The molecule has 1 nitrogen and oxygen atoms in total. The monoisotopic (exact) mass is 163 g/mol. The summed E-state index contributed by atoms with van der Waals surface area (Å²) < 4.78 is 0. The summed E-state index contributed by atoms with van der Waals surface area (Å²) >= 11 is 0. The molecule has 0 bridgehead atoms. The molecule has 0 amide bonds. The molecule has 0 unspecified atom stereocenters. The van der Waals surface area contributed by atoms with Gasteiger partial charge in [0.05, 0.1) is 6.61 Å². The number of benzene rings is 1. The normalized spacial score (nSPS) is 10.7. The fourth-order valence-corrected chi connectivity index (χ4v) is 1.26. The van der Waals surface area contributed by atoms with E-state index in [0.717, 1.165) is 12.0 Å². The molecular weight excluding hydrogens is 148 g/mol. The highest BCUT2D eigenvalue weighted by Gasteiger charge is 1.98. The molecule has 0 saturated heterocycles. The summed E-state index contributed by atoms with van der Waals surface area (Å²) in [5.74, 6) is 0.660. The molecule has 1 radical (unpaired) electrons. The Morgan fingerprint density at radius 1 is 1.33 bits per heavy atom. The van der Waals surface area contributed by atoms with E-state index in [2.05, 4.69) is 19.9 Å². The minimum atomic E-state index is 0.114. The Bertz CT molecular complexity index is 241. The average molecular weight is 163 g/mol. The van der Waals surface area contributed by atoms with Gasteiger partial charge in [-0.3, -0.25) is 0 Å². The highest BCUT2D eigenvalue weighted by molar-refractivity contribution is 5.22. The molecule has 1 heteroatoms. The quantitative estimate of drug-likeness (QED) is 0.724. The molecule has 1 N–H and O–H groups in total. The highest BCUT2D eigenvalue weighted by atomic mass is 16.3. The van der Waals surface area contributed by atoms with E-state index in [1.165, 1.54) is 5.56 Å². The molecule has 0 saturated carbocycles. The molecule has 1 aromatic carbocycles. The van der Waals surface area contributed by atoms with E-state index in [9.17, 15) is 0 Å². The molecule has 0 aliphatic heterocycles. The summed E-state index contributed by atoms with van der Waals surface area (Å²) in [7, 11) is 0. The van der Waals surface area contributed by atoms with E-state index in [1.54, 1.807) is 0 Å². The first-order chi connectivity index (χ1) is 5.72. The van der Waals surface area contributed by atoms with Crippen molar-refractivity contribution in [2.75, 3.05) is 0 Å². The summed E-state index contributed by atoms with van der Waals surface area (Å²) in [6.45, 7) is 4.49. The largest absolute Gasteiger partial charge is 0.392 e. The third-order valence-corrected chi connectivity index (χ3v) is 1.73. The van der Waals surface area contributed by atoms with Gasteiger partial charge in [0.2, 0.25) is 0 Å². The van der Waals surface area contributed by atoms with E-state index in [1.807, 2.05) is 18.2 Å². The number of aliphatic hydroxyl groups excluding tert-OH is 1. The van der Waals surface area contributed by atoms with E-state index in [0.29, 0.717) is 5.92 Å². The van der Waals surface area contributed by atoms with Crippen LogP contribution in [-0.4, -0.2) is 5.11 Å². The van der Waals surface area contributed by atoms with Crippen molar-refractivity contribution in [3.05, 3.63) is 35.4 Å². The summed E-state index contributed by atoms with van der Waals surface area (Å²) in [5.41, 5.74) is 2.21. The Morgan fingerprint density at radius 3 is 2.58 bits per heavy atom. The van der Waals surface area contributed by atoms with Crippen LogP contribution < -0.4 is 0 Å². The van der Waals surface area contributed by atoms with Gasteiger partial charge in [-0.25, -0.2) is 0 Å². The van der Waals surface area contributed by atoms with Crippen LogP contribution in [0.5, 0.6) is 0 Å². The van der Waals surface area contributed by atoms with E-state index in [-0.39, 0.29) is 6.61 Å². The van der Waals surface area contributed by atoms with Gasteiger partial charge in [0, 0.05) is 0 Å². The van der Waals surface area contributed by atoms with Crippen molar-refractivity contribution in [1.29, 1.82) is 0 Å². The zero-order valence-electron chi connectivity index (χ0n) is 7.67. The Morgan fingerprint density at radius 2 is 2.00 bits per heavy atom. The van der Waals surface area contributed by atoms with Gasteiger partial charge in [-0.15, -0.1) is 0 Å². The standard InChI is InChI=1S/C11H15O/c1-9(2)6-10-4-3-5-11(7-10)8-12/h4-5,7,9,12H,6,8H2,1-2H3. The van der Waals surface area contributed by atoms with Crippen molar-refractivity contribution >= 4 is 0 Å². The first-order valence-electron chi connectivity index (χ1n) is 4.32. The molecule has 1 aromatic rings. The van der Waals surface area contributed by atoms with Crippen LogP contribution in [0, 0.1) is 12.0 Å². The summed E-state index contributed by atoms with van der Waals surface area (Å²) in [4.78, 5) is 0. The van der Waals surface area contributed by atoms with Crippen LogP contribution in [0.4, 0.5) is 0 Å². The zero-order valence-corrected chi connectivity index (χ0v) is 7.67. The Kier molecular flexibility index (Phi) is 3.30. The Balaban J connectivity index is 2.72. The maximum Gasteiger partial charge on any atom is 0.0682 e. The molecular formula is C11H15O. The lowest BCUT2D eigenvalue weighted by atomic mass is 10.0. The molecule has 0 atom stereocenters. The van der Waals surface area contributed by atoms with Gasteiger partial charge in [0.25, 0.3) is 0 Å². The van der Waals surface area contributed by atoms with Crippen molar-refractivity contribution in [3.63, 3.8) is 0 Å². The van der Waals surface area contributed by atoms with Crippen LogP contribution in [0.2, 0.25) is 0 Å². The summed E-state index contributed by atoms with van der Waals surface area (Å²) in [6, 6.07) is 8.87. The van der Waals surface area contributed by atoms with Crippen LogP contribution in [0.25, 0.3) is 0 Å². The van der Waals surface area contributed by atoms with Crippen molar-refractivity contribution < 1.29 is 5.11 Å². The fourth-order valence-electron chi connectivity index (χ4n) is 1.26. The zero-order chi connectivity index (χ0) is 8.97. The van der Waals surface area contributed by atoms with E-state index in [4.69, 9.17) is 5.11 Å². The second kappa shape index (κ2) is 4.27. The van der Waals surface area contributed by atoms with Gasteiger partial charge in [0.15, 0.2) is 0 Å². The number of aliphatic hydroxyl groups is 1. The van der Waals surface area contributed by atoms with Gasteiger partial charge in [-0.2, -0.15) is 0 Å². The van der Waals surface area contributed by atoms with E-state index >= 15 is 0 Å². The van der Waals surface area contributed by atoms with Crippen LogP contribution in [-0.2, 0) is 13.0 Å².